The summed E-state index contributed by atoms with van der Waals surface area (Å²) in [4.78, 5) is 42.7. The Morgan fingerprint density at radius 1 is 1.15 bits per heavy atom. The van der Waals surface area contributed by atoms with E-state index in [1.165, 1.54) is 11.1 Å². The van der Waals surface area contributed by atoms with Gasteiger partial charge in [0.1, 0.15) is 5.56 Å². The van der Waals surface area contributed by atoms with Crippen molar-refractivity contribution in [1.82, 2.24) is 20.2 Å². The van der Waals surface area contributed by atoms with Gasteiger partial charge in [-0.2, -0.15) is 13.2 Å². The number of carbonyl (C=O) groups is 2. The van der Waals surface area contributed by atoms with Crippen LogP contribution in [-0.4, -0.2) is 51.6 Å². The second-order valence-corrected chi connectivity index (χ2v) is 7.49. The smallest absolute Gasteiger partial charge is 0.475 e. The predicted octanol–water partition coefficient (Wildman–Crippen LogP) is 2.99. The van der Waals surface area contributed by atoms with Gasteiger partial charge in [0.05, 0.1) is 6.04 Å². The quantitative estimate of drug-likeness (QED) is 0.536. The van der Waals surface area contributed by atoms with Crippen molar-refractivity contribution in [3.8, 4) is 11.3 Å². The Kier molecular flexibility index (Phi) is 7.47. The molecule has 3 N–H and O–H groups in total. The SMILES string of the molecule is CN1Cc2ccccc2C1CNC(=O)c1ccc(-c2ccncc2)[nH]c1=O.O=C(O)C(F)(F)F. The molecule has 34 heavy (non-hydrogen) atoms. The number of likely N-dealkylation sites (N-methyl/N-ethyl adjacent to an activating group) is 1. The highest BCUT2D eigenvalue weighted by Crippen LogP contribution is 2.31. The Bertz CT molecular complexity index is 1230. The summed E-state index contributed by atoms with van der Waals surface area (Å²) < 4.78 is 31.7. The van der Waals surface area contributed by atoms with E-state index in [9.17, 15) is 22.8 Å². The van der Waals surface area contributed by atoms with Gasteiger partial charge >= 0.3 is 12.1 Å². The molecule has 2 aromatic heterocycles. The van der Waals surface area contributed by atoms with Gasteiger partial charge in [0.15, 0.2) is 0 Å². The van der Waals surface area contributed by atoms with E-state index in [4.69, 9.17) is 9.90 Å². The van der Waals surface area contributed by atoms with E-state index in [1.54, 1.807) is 36.7 Å². The first-order valence-corrected chi connectivity index (χ1v) is 10.1. The van der Waals surface area contributed by atoms with Gasteiger partial charge in [-0.3, -0.25) is 19.5 Å². The maximum Gasteiger partial charge on any atom is 0.490 e. The molecule has 1 atom stereocenters. The van der Waals surface area contributed by atoms with E-state index in [1.807, 2.05) is 19.2 Å². The van der Waals surface area contributed by atoms with Crippen molar-refractivity contribution < 1.29 is 27.9 Å². The fourth-order valence-corrected chi connectivity index (χ4v) is 3.52. The number of aliphatic carboxylic acids is 1. The minimum Gasteiger partial charge on any atom is -0.475 e. The maximum atomic E-state index is 12.5. The molecule has 4 rings (SSSR count). The van der Waals surface area contributed by atoms with E-state index in [-0.39, 0.29) is 17.5 Å². The largest absolute Gasteiger partial charge is 0.490 e. The number of nitrogens with zero attached hydrogens (tertiary/aromatic N) is 2. The number of nitrogens with one attached hydrogen (secondary N) is 2. The molecule has 8 nitrogen and oxygen atoms in total. The molecular formula is C23H21F3N4O4. The molecule has 178 valence electrons. The lowest BCUT2D eigenvalue weighted by Crippen LogP contribution is -2.35. The highest BCUT2D eigenvalue weighted by atomic mass is 19.4. The van der Waals surface area contributed by atoms with Gasteiger partial charge in [-0.05, 0) is 42.4 Å². The molecule has 1 aliphatic heterocycles. The lowest BCUT2D eigenvalue weighted by molar-refractivity contribution is -0.192. The molecule has 1 aromatic carbocycles. The third kappa shape index (κ3) is 5.87. The Balaban J connectivity index is 0.000000406. The summed E-state index contributed by atoms with van der Waals surface area (Å²) in [6, 6.07) is 15.3. The molecule has 0 bridgehead atoms. The normalized spacial score (nSPS) is 15.1. The van der Waals surface area contributed by atoms with Gasteiger partial charge in [-0.25, -0.2) is 4.79 Å². The van der Waals surface area contributed by atoms with E-state index in [0.29, 0.717) is 12.2 Å². The summed E-state index contributed by atoms with van der Waals surface area (Å²) in [6.45, 7) is 1.32. The minimum absolute atomic E-state index is 0.111. The van der Waals surface area contributed by atoms with Crippen LogP contribution in [0.1, 0.15) is 27.5 Å². The molecule has 0 spiro atoms. The molecule has 0 saturated carbocycles. The van der Waals surface area contributed by atoms with E-state index in [0.717, 1.165) is 12.1 Å². The summed E-state index contributed by atoms with van der Waals surface area (Å²) >= 11 is 0. The number of amides is 1. The number of H-pyrrole nitrogens is 1. The number of aromatic nitrogens is 2. The maximum absolute atomic E-state index is 12.5. The van der Waals surface area contributed by atoms with Gasteiger partial charge in [-0.15, -0.1) is 0 Å². The van der Waals surface area contributed by atoms with Crippen molar-refractivity contribution in [1.29, 1.82) is 0 Å². The standard InChI is InChI=1S/C21H20N4O2.C2HF3O2/c1-25-13-15-4-2-3-5-16(15)19(25)12-23-20(26)17-6-7-18(24-21(17)27)14-8-10-22-11-9-14;3-2(4,5)1(6)7/h2-11,19H,12-13H2,1H3,(H,23,26)(H,24,27);(H,6,7). The van der Waals surface area contributed by atoms with Gasteiger partial charge in [0.25, 0.3) is 11.5 Å². The number of fused-ring (bicyclic) bond motifs is 1. The van der Waals surface area contributed by atoms with Crippen LogP contribution in [0.4, 0.5) is 13.2 Å². The number of hydrogen-bond donors (Lipinski definition) is 3. The van der Waals surface area contributed by atoms with Crippen LogP contribution in [-0.2, 0) is 11.3 Å². The van der Waals surface area contributed by atoms with Crippen LogP contribution in [0.5, 0.6) is 0 Å². The van der Waals surface area contributed by atoms with E-state index < -0.39 is 17.7 Å². The van der Waals surface area contributed by atoms with Gasteiger partial charge < -0.3 is 15.4 Å². The number of hydrogen-bond acceptors (Lipinski definition) is 5. The molecule has 1 aliphatic rings. The first-order chi connectivity index (χ1) is 16.1. The highest BCUT2D eigenvalue weighted by molar-refractivity contribution is 5.94. The lowest BCUT2D eigenvalue weighted by Gasteiger charge is -2.20. The van der Waals surface area contributed by atoms with Gasteiger partial charge in [0.2, 0.25) is 0 Å². The summed E-state index contributed by atoms with van der Waals surface area (Å²) in [5.41, 5.74) is 3.71. The van der Waals surface area contributed by atoms with Crippen molar-refractivity contribution in [3.63, 3.8) is 0 Å². The minimum atomic E-state index is -5.08. The second-order valence-electron chi connectivity index (χ2n) is 7.49. The van der Waals surface area contributed by atoms with Crippen molar-refractivity contribution in [2.45, 2.75) is 18.8 Å². The zero-order valence-corrected chi connectivity index (χ0v) is 18.0. The summed E-state index contributed by atoms with van der Waals surface area (Å²) in [5.74, 6) is -3.12. The number of alkyl halides is 3. The number of carboxylic acids is 1. The van der Waals surface area contributed by atoms with Crippen molar-refractivity contribution >= 4 is 11.9 Å². The van der Waals surface area contributed by atoms with Crippen molar-refractivity contribution in [3.05, 3.63) is 88.0 Å². The van der Waals surface area contributed by atoms with E-state index >= 15 is 0 Å². The van der Waals surface area contributed by atoms with Crippen molar-refractivity contribution in [2.24, 2.45) is 0 Å². The molecule has 1 amide bonds. The third-order valence-electron chi connectivity index (χ3n) is 5.21. The Labute approximate surface area is 192 Å². The topological polar surface area (TPSA) is 115 Å². The number of pyridine rings is 2. The monoisotopic (exact) mass is 474 g/mol. The highest BCUT2D eigenvalue weighted by Gasteiger charge is 2.38. The molecule has 0 fully saturated rings. The van der Waals surface area contributed by atoms with Gasteiger partial charge in [0, 0.05) is 36.7 Å². The Hall–Kier alpha value is -3.99. The zero-order valence-electron chi connectivity index (χ0n) is 18.0. The second kappa shape index (κ2) is 10.3. The Morgan fingerprint density at radius 2 is 1.79 bits per heavy atom. The number of benzene rings is 1. The lowest BCUT2D eigenvalue weighted by atomic mass is 10.0. The van der Waals surface area contributed by atoms with Crippen LogP contribution < -0.4 is 10.9 Å². The average Bonchev–Trinajstić information content (AvgIpc) is 3.12. The molecule has 0 saturated heterocycles. The van der Waals surface area contributed by atoms with Gasteiger partial charge in [-0.1, -0.05) is 24.3 Å². The first kappa shape index (κ1) is 24.6. The van der Waals surface area contributed by atoms with Crippen molar-refractivity contribution in [2.75, 3.05) is 13.6 Å². The zero-order chi connectivity index (χ0) is 24.9. The molecule has 3 heterocycles. The van der Waals surface area contributed by atoms with Crippen LogP contribution in [0.3, 0.4) is 0 Å². The molecule has 0 radical (unpaired) electrons. The number of aromatic amines is 1. The van der Waals surface area contributed by atoms with Crippen LogP contribution >= 0.6 is 0 Å². The fraction of sp³-hybridized carbons (Fsp3) is 0.217. The Morgan fingerprint density at radius 3 is 2.41 bits per heavy atom. The molecule has 1 unspecified atom stereocenters. The predicted molar refractivity (Wildman–Crippen MR) is 117 cm³/mol. The molecule has 3 aromatic rings. The number of halogens is 3. The summed E-state index contributed by atoms with van der Waals surface area (Å²) in [5, 5.41) is 10.0. The molecular weight excluding hydrogens is 453 g/mol. The fourth-order valence-electron chi connectivity index (χ4n) is 3.52. The van der Waals surface area contributed by atoms with Crippen LogP contribution in [0.25, 0.3) is 11.3 Å². The van der Waals surface area contributed by atoms with Crippen LogP contribution in [0.2, 0.25) is 0 Å². The first-order valence-electron chi connectivity index (χ1n) is 10.1. The summed E-state index contributed by atoms with van der Waals surface area (Å²) in [6.07, 6.45) is -1.77. The average molecular weight is 474 g/mol. The van der Waals surface area contributed by atoms with E-state index in [2.05, 4.69) is 32.3 Å². The third-order valence-corrected chi connectivity index (χ3v) is 5.21. The number of carbonyl (C=O) groups excluding carboxylic acids is 1. The van der Waals surface area contributed by atoms with Crippen LogP contribution in [0.15, 0.2) is 65.7 Å². The molecule has 0 aliphatic carbocycles. The number of carboxylic acid groups (broad SMARTS) is 1. The molecule has 11 heteroatoms. The van der Waals surface area contributed by atoms with Crippen LogP contribution in [0, 0.1) is 0 Å². The number of rotatable bonds is 4. The summed E-state index contributed by atoms with van der Waals surface area (Å²) in [7, 11) is 2.03.